The number of ether oxygens (including phenoxy) is 1. The van der Waals surface area contributed by atoms with Gasteiger partial charge in [-0.05, 0) is 0 Å². The van der Waals surface area contributed by atoms with Crippen molar-refractivity contribution in [2.45, 2.75) is 20.0 Å². The van der Waals surface area contributed by atoms with Gasteiger partial charge in [0.2, 0.25) is 0 Å². The molecular formula is C19H12ClF5NO3Ru. The molecule has 0 aromatic heterocycles. The molecule has 161 valence electrons. The van der Waals surface area contributed by atoms with E-state index in [1.807, 2.05) is 0 Å². The Balaban J connectivity index is 2.27. The van der Waals surface area contributed by atoms with Crippen molar-refractivity contribution in [3.05, 3.63) is 58.4 Å². The number of benzene rings is 2. The van der Waals surface area contributed by atoms with Crippen LogP contribution in [0.2, 0.25) is 0 Å². The first kappa shape index (κ1) is 22.5. The molecule has 11 heteroatoms. The molecule has 2 amide bonds. The number of halogens is 6. The number of carbonyl (C=O) groups is 2. The van der Waals surface area contributed by atoms with Crippen molar-refractivity contribution in [3.63, 3.8) is 0 Å². The van der Waals surface area contributed by atoms with Gasteiger partial charge in [-0.25, -0.2) is 0 Å². The summed E-state index contributed by atoms with van der Waals surface area (Å²) < 4.78 is 76.4. The van der Waals surface area contributed by atoms with E-state index in [-0.39, 0.29) is 11.4 Å². The van der Waals surface area contributed by atoms with Gasteiger partial charge in [0.25, 0.3) is 0 Å². The average molecular weight is 534 g/mol. The van der Waals surface area contributed by atoms with E-state index in [1.165, 1.54) is 12.1 Å². The van der Waals surface area contributed by atoms with E-state index in [9.17, 15) is 31.5 Å². The van der Waals surface area contributed by atoms with Crippen LogP contribution >= 0.6 is 9.69 Å². The van der Waals surface area contributed by atoms with Crippen molar-refractivity contribution >= 4 is 31.8 Å². The van der Waals surface area contributed by atoms with Gasteiger partial charge < -0.3 is 0 Å². The van der Waals surface area contributed by atoms with E-state index in [1.54, 1.807) is 24.5 Å². The fraction of sp³-hybridized carbons (Fsp3) is 0.211. The summed E-state index contributed by atoms with van der Waals surface area (Å²) in [6.45, 7) is 3.21. The second-order valence-electron chi connectivity index (χ2n) is 6.58. The van der Waals surface area contributed by atoms with Crippen LogP contribution < -0.4 is 9.64 Å². The van der Waals surface area contributed by atoms with E-state index in [0.717, 1.165) is 0 Å². The predicted octanol–water partition coefficient (Wildman–Crippen LogP) is 4.36. The number of para-hydroxylation sites is 1. The molecule has 0 aliphatic carbocycles. The van der Waals surface area contributed by atoms with Gasteiger partial charge in [-0.15, -0.1) is 0 Å². The summed E-state index contributed by atoms with van der Waals surface area (Å²) in [6, 6.07) is 4.28. The normalized spacial score (nSPS) is 16.5. The van der Waals surface area contributed by atoms with Crippen molar-refractivity contribution in [1.82, 2.24) is 0 Å². The molecule has 0 fully saturated rings. The quantitative estimate of drug-likeness (QED) is 0.194. The molecule has 0 spiro atoms. The first-order valence-corrected chi connectivity index (χ1v) is 11.6. The molecule has 4 nitrogen and oxygen atoms in total. The zero-order valence-corrected chi connectivity index (χ0v) is 17.8. The molecule has 0 bridgehead atoms. The van der Waals surface area contributed by atoms with Crippen LogP contribution in [0.1, 0.15) is 29.8 Å². The monoisotopic (exact) mass is 534 g/mol. The topological polar surface area (TPSA) is 46.6 Å². The first-order valence-electron chi connectivity index (χ1n) is 8.36. The second-order valence-corrected chi connectivity index (χ2v) is 8.37. The van der Waals surface area contributed by atoms with Gasteiger partial charge in [0.1, 0.15) is 0 Å². The van der Waals surface area contributed by atoms with Crippen LogP contribution in [0.15, 0.2) is 18.2 Å². The molecule has 0 saturated heterocycles. The molecule has 1 aliphatic rings. The molecule has 1 unspecified atom stereocenters. The summed E-state index contributed by atoms with van der Waals surface area (Å²) in [5.41, 5.74) is -1.49. The minimum absolute atomic E-state index is 0.0444. The summed E-state index contributed by atoms with van der Waals surface area (Å²) in [5, 5.41) is 0. The second kappa shape index (κ2) is 8.51. The summed E-state index contributed by atoms with van der Waals surface area (Å²) in [5.74, 6) is -14.8. The molecule has 1 heterocycles. The third-order valence-corrected chi connectivity index (χ3v) is 5.54. The number of carbonyl (C=O) groups excluding carboxylic acids is 2. The zero-order chi connectivity index (χ0) is 22.3. The first-order chi connectivity index (χ1) is 14.1. The molecule has 30 heavy (non-hydrogen) atoms. The van der Waals surface area contributed by atoms with Crippen LogP contribution in [0.4, 0.5) is 27.6 Å². The molecule has 2 aromatic carbocycles. The van der Waals surface area contributed by atoms with Crippen LogP contribution in [0.5, 0.6) is 5.75 Å². The summed E-state index contributed by atoms with van der Waals surface area (Å²) >= 11 is -0.736. The van der Waals surface area contributed by atoms with Gasteiger partial charge in [-0.2, -0.15) is 0 Å². The third kappa shape index (κ3) is 3.56. The van der Waals surface area contributed by atoms with E-state index >= 15 is 0 Å². The van der Waals surface area contributed by atoms with Crippen molar-refractivity contribution in [2.75, 3.05) is 4.90 Å². The van der Waals surface area contributed by atoms with Crippen molar-refractivity contribution in [1.29, 1.82) is 0 Å². The number of hydrogen-bond donors (Lipinski definition) is 0. The standard InChI is InChI=1S/C19H12F5NO3.ClH.Ru/c1-7(2)16-19(27)25(9-6-4-5-8(3)17(9)28-16)18(26)10-11(20)13(22)15(24)14(23)12(10)21;;/h3-7,16H,1-2H3;1H;/q;;+1/p-1. The molecule has 0 radical (unpaired) electrons. The Morgan fingerprint density at radius 3 is 2.20 bits per heavy atom. The van der Waals surface area contributed by atoms with Crippen molar-refractivity contribution < 1.29 is 52.0 Å². The summed E-state index contributed by atoms with van der Waals surface area (Å²) in [4.78, 5) is 26.2. The van der Waals surface area contributed by atoms with Gasteiger partial charge in [-0.1, -0.05) is 0 Å². The van der Waals surface area contributed by atoms with Crippen LogP contribution in [0.3, 0.4) is 0 Å². The number of hydrogen-bond acceptors (Lipinski definition) is 3. The van der Waals surface area contributed by atoms with E-state index in [0.29, 0.717) is 10.5 Å². The molecule has 2 aromatic rings. The molecule has 1 aliphatic heterocycles. The maximum atomic E-state index is 14.2. The number of fused-ring (bicyclic) bond motifs is 1. The van der Waals surface area contributed by atoms with Gasteiger partial charge >= 0.3 is 179 Å². The predicted molar refractivity (Wildman–Crippen MR) is 94.8 cm³/mol. The molecule has 0 saturated carbocycles. The van der Waals surface area contributed by atoms with Crippen LogP contribution in [-0.2, 0) is 20.5 Å². The Morgan fingerprint density at radius 2 is 1.67 bits per heavy atom. The maximum absolute atomic E-state index is 14.2. The number of amides is 2. The number of nitrogens with zero attached hydrogens (tertiary/aromatic N) is 1. The van der Waals surface area contributed by atoms with E-state index in [2.05, 4.69) is 0 Å². The number of rotatable bonds is 3. The van der Waals surface area contributed by atoms with Crippen LogP contribution in [0.25, 0.3) is 0 Å². The Hall–Kier alpha value is -2.19. The van der Waals surface area contributed by atoms with Crippen LogP contribution in [-0.4, -0.2) is 22.5 Å². The third-order valence-electron chi connectivity index (χ3n) is 4.35. The minimum atomic E-state index is -2.41. The van der Waals surface area contributed by atoms with Gasteiger partial charge in [0.15, 0.2) is 0 Å². The molecular weight excluding hydrogens is 522 g/mol. The average Bonchev–Trinajstić information content (AvgIpc) is 2.70. The van der Waals surface area contributed by atoms with E-state index < -0.39 is 74.2 Å². The summed E-state index contributed by atoms with van der Waals surface area (Å²) in [6.07, 6.45) is -1.23. The molecule has 3 rings (SSSR count). The number of anilines is 1. The fourth-order valence-electron chi connectivity index (χ4n) is 2.93. The fourth-order valence-corrected chi connectivity index (χ4v) is 4.02. The Labute approximate surface area is 178 Å². The SMILES string of the molecule is CC(C)C1Oc2c([CH]=[Ru][Cl])cccc2N(C(=O)c2c(F)c(F)c(F)c(F)c2F)C1=O. The Morgan fingerprint density at radius 1 is 1.10 bits per heavy atom. The zero-order valence-electron chi connectivity index (χ0n) is 15.3. The van der Waals surface area contributed by atoms with Crippen LogP contribution in [0, 0.1) is 35.0 Å². The molecule has 1 atom stereocenters. The van der Waals surface area contributed by atoms with E-state index in [4.69, 9.17) is 14.4 Å². The summed E-state index contributed by atoms with van der Waals surface area (Å²) in [7, 11) is 5.81. The van der Waals surface area contributed by atoms with Crippen molar-refractivity contribution in [3.8, 4) is 5.75 Å². The number of imide groups is 1. The molecule has 0 N–H and O–H groups in total. The van der Waals surface area contributed by atoms with Gasteiger partial charge in [0, 0.05) is 0 Å². The van der Waals surface area contributed by atoms with Gasteiger partial charge in [0.05, 0.1) is 0 Å². The van der Waals surface area contributed by atoms with Gasteiger partial charge in [-0.3, -0.25) is 0 Å². The Kier molecular flexibility index (Phi) is 6.38. The van der Waals surface area contributed by atoms with Crippen molar-refractivity contribution in [2.24, 2.45) is 5.92 Å². The Bertz CT molecular complexity index is 1060.